The van der Waals surface area contributed by atoms with Gasteiger partial charge in [-0.15, -0.1) is 0 Å². The fourth-order valence-electron chi connectivity index (χ4n) is 2.98. The van der Waals surface area contributed by atoms with E-state index in [9.17, 15) is 29.1 Å². The number of nitrogens with one attached hydrogen (secondary N) is 2. The Bertz CT molecular complexity index is 1240. The highest BCUT2D eigenvalue weighted by Crippen LogP contribution is 2.13. The van der Waals surface area contributed by atoms with Gasteiger partial charge in [-0.05, 0) is 43.3 Å². The van der Waals surface area contributed by atoms with Crippen molar-refractivity contribution in [2.24, 2.45) is 0 Å². The lowest BCUT2D eigenvalue weighted by Gasteiger charge is -2.23. The normalized spacial score (nSPS) is 11.9. The van der Waals surface area contributed by atoms with E-state index >= 15 is 0 Å². The number of hydrogen-bond donors (Lipinski definition) is 3. The highest BCUT2D eigenvalue weighted by Gasteiger charge is 2.41. The maximum atomic E-state index is 12.9. The van der Waals surface area contributed by atoms with Gasteiger partial charge in [-0.25, -0.2) is 14.4 Å². The summed E-state index contributed by atoms with van der Waals surface area (Å²) in [7, 11) is 0. The van der Waals surface area contributed by atoms with E-state index in [4.69, 9.17) is 9.47 Å². The third-order valence-electron chi connectivity index (χ3n) is 4.88. The lowest BCUT2D eigenvalue weighted by atomic mass is 10.1. The standard InChI is InChI=1S/C26H22N2O8/c1-16-12-14-17(15-13-16)22(29)27-28-23(30)20(35-25(33)18-8-4-2-5-9-18)21(24(31)32)36-26(34)19-10-6-3-7-11-19/h2-15,20-21H,1H3,(H,27,29)(H,28,30)(H,31,32)/t20-,21+/m1/s1. The Hall–Kier alpha value is -4.99. The van der Waals surface area contributed by atoms with E-state index in [0.717, 1.165) is 5.56 Å². The highest BCUT2D eigenvalue weighted by atomic mass is 16.6. The van der Waals surface area contributed by atoms with Crippen molar-refractivity contribution in [1.29, 1.82) is 0 Å². The molecule has 0 saturated carbocycles. The first kappa shape index (κ1) is 25.6. The Labute approximate surface area is 205 Å². The van der Waals surface area contributed by atoms with Crippen LogP contribution in [0, 0.1) is 6.92 Å². The Balaban J connectivity index is 1.82. The molecule has 3 aromatic carbocycles. The monoisotopic (exact) mass is 490 g/mol. The number of carbonyl (C=O) groups excluding carboxylic acids is 4. The predicted octanol–water partition coefficient (Wildman–Crippen LogP) is 2.29. The van der Waals surface area contributed by atoms with Gasteiger partial charge in [0, 0.05) is 5.56 Å². The molecule has 0 spiro atoms. The van der Waals surface area contributed by atoms with Crippen LogP contribution in [0.25, 0.3) is 0 Å². The number of aliphatic carboxylic acids is 1. The van der Waals surface area contributed by atoms with Crippen molar-refractivity contribution in [2.75, 3.05) is 0 Å². The van der Waals surface area contributed by atoms with Crippen LogP contribution in [0.15, 0.2) is 84.9 Å². The lowest BCUT2D eigenvalue weighted by Crippen LogP contribution is -2.54. The van der Waals surface area contributed by atoms with Crippen molar-refractivity contribution in [2.45, 2.75) is 19.1 Å². The van der Waals surface area contributed by atoms with E-state index < -0.39 is 41.9 Å². The molecule has 36 heavy (non-hydrogen) atoms. The summed E-state index contributed by atoms with van der Waals surface area (Å²) in [5.41, 5.74) is 5.32. The minimum Gasteiger partial charge on any atom is -0.478 e. The van der Waals surface area contributed by atoms with Gasteiger partial charge in [0.05, 0.1) is 11.1 Å². The number of hydrogen-bond acceptors (Lipinski definition) is 7. The van der Waals surface area contributed by atoms with Crippen LogP contribution in [0.1, 0.15) is 36.6 Å². The van der Waals surface area contributed by atoms with Crippen LogP contribution in [0.4, 0.5) is 0 Å². The Kier molecular flexibility index (Phi) is 8.49. The smallest absolute Gasteiger partial charge is 0.349 e. The third kappa shape index (κ3) is 6.76. The number of carbonyl (C=O) groups is 5. The van der Waals surface area contributed by atoms with E-state index in [1.807, 2.05) is 12.3 Å². The second-order valence-corrected chi connectivity index (χ2v) is 7.53. The molecular formula is C26H22N2O8. The van der Waals surface area contributed by atoms with Gasteiger partial charge in [-0.3, -0.25) is 20.4 Å². The van der Waals surface area contributed by atoms with Crippen LogP contribution in [-0.4, -0.2) is 47.0 Å². The molecule has 3 aromatic rings. The molecule has 0 aromatic heterocycles. The summed E-state index contributed by atoms with van der Waals surface area (Å²) >= 11 is 0. The van der Waals surface area contributed by atoms with E-state index in [1.165, 1.54) is 60.7 Å². The fourth-order valence-corrected chi connectivity index (χ4v) is 2.98. The van der Waals surface area contributed by atoms with E-state index in [1.54, 1.807) is 24.3 Å². The summed E-state index contributed by atoms with van der Waals surface area (Å²) in [6, 6.07) is 21.4. The van der Waals surface area contributed by atoms with Crippen molar-refractivity contribution in [3.8, 4) is 0 Å². The molecule has 0 aliphatic heterocycles. The van der Waals surface area contributed by atoms with E-state index in [0.29, 0.717) is 0 Å². The summed E-state index contributed by atoms with van der Waals surface area (Å²) in [4.78, 5) is 62.4. The van der Waals surface area contributed by atoms with Crippen molar-refractivity contribution >= 4 is 29.7 Å². The fraction of sp³-hybridized carbons (Fsp3) is 0.115. The number of hydrazine groups is 1. The number of esters is 2. The van der Waals surface area contributed by atoms with Gasteiger partial charge in [0.15, 0.2) is 0 Å². The van der Waals surface area contributed by atoms with Crippen LogP contribution in [0.5, 0.6) is 0 Å². The first-order valence-electron chi connectivity index (χ1n) is 10.7. The zero-order chi connectivity index (χ0) is 26.1. The molecule has 0 heterocycles. The number of rotatable bonds is 8. The van der Waals surface area contributed by atoms with Gasteiger partial charge in [0.2, 0.25) is 12.2 Å². The number of aryl methyl sites for hydroxylation is 1. The number of carboxylic acid groups (broad SMARTS) is 1. The number of amides is 2. The molecule has 2 amide bonds. The first-order chi connectivity index (χ1) is 17.3. The minimum absolute atomic E-state index is 0.0185. The number of benzene rings is 3. The Morgan fingerprint density at radius 1 is 0.639 bits per heavy atom. The molecule has 184 valence electrons. The quantitative estimate of drug-likeness (QED) is 0.322. The molecule has 0 saturated heterocycles. The number of carboxylic acids is 1. The maximum absolute atomic E-state index is 12.9. The van der Waals surface area contributed by atoms with Crippen LogP contribution >= 0.6 is 0 Å². The zero-order valence-electron chi connectivity index (χ0n) is 19.0. The average Bonchev–Trinajstić information content (AvgIpc) is 2.90. The summed E-state index contributed by atoms with van der Waals surface area (Å²) in [5.74, 6) is -5.77. The molecule has 2 atom stereocenters. The van der Waals surface area contributed by atoms with E-state index in [2.05, 4.69) is 5.43 Å². The molecule has 3 N–H and O–H groups in total. The predicted molar refractivity (Wildman–Crippen MR) is 126 cm³/mol. The summed E-state index contributed by atoms with van der Waals surface area (Å²) in [6.45, 7) is 1.83. The molecule has 3 rings (SSSR count). The maximum Gasteiger partial charge on any atom is 0.349 e. The van der Waals surface area contributed by atoms with Crippen molar-refractivity contribution in [3.63, 3.8) is 0 Å². The number of ether oxygens (including phenoxy) is 2. The van der Waals surface area contributed by atoms with Gasteiger partial charge >= 0.3 is 17.9 Å². The van der Waals surface area contributed by atoms with Gasteiger partial charge in [-0.2, -0.15) is 0 Å². The summed E-state index contributed by atoms with van der Waals surface area (Å²) in [6.07, 6.45) is -4.36. The van der Waals surface area contributed by atoms with Crippen molar-refractivity contribution < 1.29 is 38.6 Å². The summed E-state index contributed by atoms with van der Waals surface area (Å²) in [5, 5.41) is 9.72. The molecule has 0 bridgehead atoms. The third-order valence-corrected chi connectivity index (χ3v) is 4.88. The molecule has 0 aliphatic rings. The summed E-state index contributed by atoms with van der Waals surface area (Å²) < 4.78 is 10.2. The molecule has 10 nitrogen and oxygen atoms in total. The first-order valence-corrected chi connectivity index (χ1v) is 10.7. The minimum atomic E-state index is -2.22. The van der Waals surface area contributed by atoms with Crippen LogP contribution in [0.2, 0.25) is 0 Å². The molecule has 0 aliphatic carbocycles. The SMILES string of the molecule is Cc1ccc(C(=O)NNC(=O)[C@H](OC(=O)c2ccccc2)[C@H](OC(=O)c2ccccc2)C(=O)O)cc1. The second kappa shape index (κ2) is 11.9. The van der Waals surface area contributed by atoms with Crippen LogP contribution < -0.4 is 10.9 Å². The zero-order valence-corrected chi connectivity index (χ0v) is 19.0. The molecular weight excluding hydrogens is 468 g/mol. The molecule has 10 heteroatoms. The van der Waals surface area contributed by atoms with Crippen LogP contribution in [0.3, 0.4) is 0 Å². The lowest BCUT2D eigenvalue weighted by molar-refractivity contribution is -0.159. The van der Waals surface area contributed by atoms with Gasteiger partial charge in [0.1, 0.15) is 0 Å². The van der Waals surface area contributed by atoms with Crippen molar-refractivity contribution in [3.05, 3.63) is 107 Å². The largest absolute Gasteiger partial charge is 0.478 e. The Morgan fingerprint density at radius 3 is 1.58 bits per heavy atom. The average molecular weight is 490 g/mol. The molecule has 0 unspecified atom stereocenters. The van der Waals surface area contributed by atoms with Gasteiger partial charge < -0.3 is 14.6 Å². The topological polar surface area (TPSA) is 148 Å². The Morgan fingerprint density at radius 2 is 1.11 bits per heavy atom. The highest BCUT2D eigenvalue weighted by molar-refractivity contribution is 5.99. The van der Waals surface area contributed by atoms with Gasteiger partial charge in [-0.1, -0.05) is 54.1 Å². The van der Waals surface area contributed by atoms with Gasteiger partial charge in [0.25, 0.3) is 11.8 Å². The molecule has 0 fully saturated rings. The second-order valence-electron chi connectivity index (χ2n) is 7.53. The molecule has 0 radical (unpaired) electrons. The van der Waals surface area contributed by atoms with Crippen molar-refractivity contribution in [1.82, 2.24) is 10.9 Å². The van der Waals surface area contributed by atoms with Crippen LogP contribution in [-0.2, 0) is 19.1 Å². The van der Waals surface area contributed by atoms with E-state index in [-0.39, 0.29) is 16.7 Å².